The Morgan fingerprint density at radius 2 is 1.38 bits per heavy atom. The number of nitrogens with two attached hydrogens (primary N) is 4. The van der Waals surface area contributed by atoms with Crippen LogP contribution >= 0.6 is 11.6 Å². The Balaban J connectivity index is 1.63. The second-order valence-corrected chi connectivity index (χ2v) is 9.44. The van der Waals surface area contributed by atoms with Gasteiger partial charge in [-0.15, -0.1) is 0 Å². The Bertz CT molecular complexity index is 877. The first kappa shape index (κ1) is 22.9. The van der Waals surface area contributed by atoms with E-state index in [0.717, 1.165) is 24.0 Å². The zero-order chi connectivity index (χ0) is 22.8. The smallest absolute Gasteiger partial charge is 0.232 e. The van der Waals surface area contributed by atoms with Crippen molar-refractivity contribution in [2.75, 3.05) is 41.3 Å². The number of rotatable bonds is 5. The molecule has 0 bridgehead atoms. The van der Waals surface area contributed by atoms with Crippen LogP contribution in [0.2, 0.25) is 5.02 Å². The van der Waals surface area contributed by atoms with Crippen molar-refractivity contribution in [2.45, 2.75) is 50.5 Å². The first-order valence-corrected chi connectivity index (χ1v) is 11.4. The topological polar surface area (TPSA) is 161 Å². The van der Waals surface area contributed by atoms with Gasteiger partial charge in [0.2, 0.25) is 17.8 Å². The molecule has 174 valence electrons. The molecule has 4 atom stereocenters. The number of halogens is 1. The summed E-state index contributed by atoms with van der Waals surface area (Å²) in [6, 6.07) is 5.71. The minimum atomic E-state index is -0.0266. The standard InChI is InChI=1S/C21H33ClN10/c1-12-2-3-14(22)4-13(12)7-27-19-28-20(31-8-15(23)5-16(24)9-31)30-21(29-19)32-10-17(25)6-18(26)11-32/h2-4,15-18H,5-11,23-26H2,1H3,(H,27,28,29,30)/t15-,16+,17-,18+. The van der Waals surface area contributed by atoms with Gasteiger partial charge < -0.3 is 38.1 Å². The fourth-order valence-corrected chi connectivity index (χ4v) is 4.60. The molecule has 2 aliphatic heterocycles. The van der Waals surface area contributed by atoms with Crippen molar-refractivity contribution in [3.8, 4) is 0 Å². The first-order chi connectivity index (χ1) is 15.3. The highest BCUT2D eigenvalue weighted by Crippen LogP contribution is 2.23. The molecule has 9 N–H and O–H groups in total. The second-order valence-electron chi connectivity index (χ2n) is 9.01. The molecule has 0 amide bonds. The van der Waals surface area contributed by atoms with Crippen LogP contribution in [0.3, 0.4) is 0 Å². The van der Waals surface area contributed by atoms with Gasteiger partial charge in [0.05, 0.1) is 0 Å². The van der Waals surface area contributed by atoms with Crippen LogP contribution in [0.5, 0.6) is 0 Å². The zero-order valence-corrected chi connectivity index (χ0v) is 19.2. The van der Waals surface area contributed by atoms with E-state index in [1.165, 1.54) is 0 Å². The van der Waals surface area contributed by atoms with Gasteiger partial charge in [0.25, 0.3) is 0 Å². The molecule has 11 heteroatoms. The van der Waals surface area contributed by atoms with Gasteiger partial charge in [0.15, 0.2) is 0 Å². The summed E-state index contributed by atoms with van der Waals surface area (Å²) in [5.41, 5.74) is 27.0. The van der Waals surface area contributed by atoms with E-state index < -0.39 is 0 Å². The maximum absolute atomic E-state index is 6.21. The summed E-state index contributed by atoms with van der Waals surface area (Å²) < 4.78 is 0. The summed E-state index contributed by atoms with van der Waals surface area (Å²) in [5, 5.41) is 4.03. The molecule has 32 heavy (non-hydrogen) atoms. The van der Waals surface area contributed by atoms with Crippen molar-refractivity contribution in [2.24, 2.45) is 22.9 Å². The van der Waals surface area contributed by atoms with Crippen LogP contribution in [0, 0.1) is 6.92 Å². The average Bonchev–Trinajstić information content (AvgIpc) is 2.73. The molecule has 0 radical (unpaired) electrons. The number of nitrogens with one attached hydrogen (secondary N) is 1. The molecule has 1 aromatic heterocycles. The fourth-order valence-electron chi connectivity index (χ4n) is 4.40. The van der Waals surface area contributed by atoms with Crippen LogP contribution in [0.1, 0.15) is 24.0 Å². The molecule has 2 saturated heterocycles. The van der Waals surface area contributed by atoms with Crippen molar-refractivity contribution < 1.29 is 0 Å². The summed E-state index contributed by atoms with van der Waals surface area (Å²) in [6.07, 6.45) is 1.56. The Hall–Kier alpha value is -2.24. The lowest BCUT2D eigenvalue weighted by Crippen LogP contribution is -2.54. The normalized spacial score (nSPS) is 26.3. The van der Waals surface area contributed by atoms with Gasteiger partial charge in [0.1, 0.15) is 0 Å². The molecular weight excluding hydrogens is 428 g/mol. The number of nitrogens with zero attached hydrogens (tertiary/aromatic N) is 5. The summed E-state index contributed by atoms with van der Waals surface area (Å²) in [6.45, 7) is 5.15. The minimum Gasteiger partial charge on any atom is -0.350 e. The fraction of sp³-hybridized carbons (Fsp3) is 0.571. The third-order valence-corrected chi connectivity index (χ3v) is 6.19. The highest BCUT2D eigenvalue weighted by molar-refractivity contribution is 6.30. The number of hydrogen-bond donors (Lipinski definition) is 5. The maximum atomic E-state index is 6.21. The molecule has 2 aromatic rings. The van der Waals surface area contributed by atoms with E-state index in [1.807, 2.05) is 34.9 Å². The molecule has 4 rings (SSSR count). The Labute approximate surface area is 193 Å². The van der Waals surface area contributed by atoms with Crippen molar-refractivity contribution >= 4 is 29.4 Å². The average molecular weight is 461 g/mol. The van der Waals surface area contributed by atoms with Crippen LogP contribution in [0.15, 0.2) is 18.2 Å². The number of anilines is 3. The Morgan fingerprint density at radius 1 is 0.875 bits per heavy atom. The predicted molar refractivity (Wildman–Crippen MR) is 129 cm³/mol. The third-order valence-electron chi connectivity index (χ3n) is 5.96. The largest absolute Gasteiger partial charge is 0.350 e. The van der Waals surface area contributed by atoms with E-state index in [-0.39, 0.29) is 24.2 Å². The van der Waals surface area contributed by atoms with Gasteiger partial charge >= 0.3 is 0 Å². The number of aryl methyl sites for hydroxylation is 1. The second kappa shape index (κ2) is 9.72. The number of aromatic nitrogens is 3. The highest BCUT2D eigenvalue weighted by Gasteiger charge is 2.28. The number of hydrogen-bond acceptors (Lipinski definition) is 10. The van der Waals surface area contributed by atoms with Crippen molar-refractivity contribution in [1.82, 2.24) is 15.0 Å². The van der Waals surface area contributed by atoms with Gasteiger partial charge in [-0.2, -0.15) is 15.0 Å². The highest BCUT2D eigenvalue weighted by atomic mass is 35.5. The van der Waals surface area contributed by atoms with E-state index >= 15 is 0 Å². The first-order valence-electron chi connectivity index (χ1n) is 11.0. The van der Waals surface area contributed by atoms with E-state index in [2.05, 4.69) is 15.3 Å². The molecule has 10 nitrogen and oxygen atoms in total. The van der Waals surface area contributed by atoms with Gasteiger partial charge in [-0.1, -0.05) is 17.7 Å². The van der Waals surface area contributed by atoms with Gasteiger partial charge in [-0.25, -0.2) is 0 Å². The van der Waals surface area contributed by atoms with Crippen molar-refractivity contribution in [3.05, 3.63) is 34.3 Å². The van der Waals surface area contributed by atoms with Gasteiger partial charge in [0, 0.05) is 61.9 Å². The minimum absolute atomic E-state index is 0.0266. The molecule has 2 aliphatic rings. The van der Waals surface area contributed by atoms with E-state index in [0.29, 0.717) is 55.6 Å². The summed E-state index contributed by atoms with van der Waals surface area (Å²) >= 11 is 6.18. The SMILES string of the molecule is Cc1ccc(Cl)cc1CNc1nc(N2C[C@H](N)C[C@H](N)C2)nc(N2C[C@H](N)C[C@H](N)C2)n1. The third kappa shape index (κ3) is 5.57. The van der Waals surface area contributed by atoms with E-state index in [4.69, 9.17) is 39.5 Å². The lowest BCUT2D eigenvalue weighted by molar-refractivity contribution is 0.441. The molecule has 0 unspecified atom stereocenters. The summed E-state index contributed by atoms with van der Waals surface area (Å²) in [5.74, 6) is 1.59. The zero-order valence-electron chi connectivity index (χ0n) is 18.4. The van der Waals surface area contributed by atoms with Crippen LogP contribution in [-0.2, 0) is 6.54 Å². The quantitative estimate of drug-likeness (QED) is 0.416. The lowest BCUT2D eigenvalue weighted by Gasteiger charge is -2.37. The van der Waals surface area contributed by atoms with Crippen LogP contribution in [0.25, 0.3) is 0 Å². The monoisotopic (exact) mass is 460 g/mol. The van der Waals surface area contributed by atoms with E-state index in [1.54, 1.807) is 0 Å². The molecule has 2 fully saturated rings. The van der Waals surface area contributed by atoms with Crippen LogP contribution in [-0.4, -0.2) is 65.3 Å². The lowest BCUT2D eigenvalue weighted by atomic mass is 10.0. The van der Waals surface area contributed by atoms with Crippen molar-refractivity contribution in [3.63, 3.8) is 0 Å². The molecule has 0 saturated carbocycles. The van der Waals surface area contributed by atoms with E-state index in [9.17, 15) is 0 Å². The molecule has 1 aromatic carbocycles. The maximum Gasteiger partial charge on any atom is 0.232 e. The molecular formula is C21H33ClN10. The van der Waals surface area contributed by atoms with Gasteiger partial charge in [-0.05, 0) is 43.0 Å². The van der Waals surface area contributed by atoms with Crippen LogP contribution < -0.4 is 38.1 Å². The van der Waals surface area contributed by atoms with Crippen LogP contribution in [0.4, 0.5) is 17.8 Å². The summed E-state index contributed by atoms with van der Waals surface area (Å²) in [7, 11) is 0. The summed E-state index contributed by atoms with van der Waals surface area (Å²) in [4.78, 5) is 18.2. The molecule has 3 heterocycles. The Kier molecular flexibility index (Phi) is 6.96. The Morgan fingerprint density at radius 3 is 1.88 bits per heavy atom. The van der Waals surface area contributed by atoms with Gasteiger partial charge in [-0.3, -0.25) is 0 Å². The predicted octanol–water partition coefficient (Wildman–Crippen LogP) is 0.175. The molecule has 0 spiro atoms. The molecule has 0 aliphatic carbocycles. The number of piperidine rings is 2. The number of benzene rings is 1. The van der Waals surface area contributed by atoms with Crippen molar-refractivity contribution in [1.29, 1.82) is 0 Å².